The maximum atomic E-state index is 11.5. The number of hydrogen-bond donors (Lipinski definition) is 1. The van der Waals surface area contributed by atoms with Crippen molar-refractivity contribution in [3.63, 3.8) is 0 Å². The molecule has 1 heterocycles. The lowest BCUT2D eigenvalue weighted by molar-refractivity contribution is 0.189. The molecule has 1 aromatic rings. The molecule has 0 radical (unpaired) electrons. The SMILES string of the molecule is COc1ccccc1C(C(C)N)N1CCS(=O)CC1. The summed E-state index contributed by atoms with van der Waals surface area (Å²) in [4.78, 5) is 2.32. The summed E-state index contributed by atoms with van der Waals surface area (Å²) in [6.07, 6.45) is 0. The Labute approximate surface area is 117 Å². The van der Waals surface area contributed by atoms with E-state index in [1.54, 1.807) is 7.11 Å². The molecular weight excluding hydrogens is 260 g/mol. The van der Waals surface area contributed by atoms with Gasteiger partial charge in [-0.3, -0.25) is 9.11 Å². The van der Waals surface area contributed by atoms with E-state index in [9.17, 15) is 4.21 Å². The van der Waals surface area contributed by atoms with Crippen molar-refractivity contribution in [2.75, 3.05) is 31.7 Å². The van der Waals surface area contributed by atoms with Crippen LogP contribution >= 0.6 is 0 Å². The highest BCUT2D eigenvalue weighted by Crippen LogP contribution is 2.31. The van der Waals surface area contributed by atoms with Crippen LogP contribution < -0.4 is 10.5 Å². The molecule has 1 saturated heterocycles. The maximum absolute atomic E-state index is 11.5. The molecule has 2 rings (SSSR count). The molecule has 1 fully saturated rings. The second-order valence-electron chi connectivity index (χ2n) is 4.93. The highest BCUT2D eigenvalue weighted by Gasteiger charge is 2.29. The fraction of sp³-hybridized carbons (Fsp3) is 0.571. The predicted molar refractivity (Wildman–Crippen MR) is 78.8 cm³/mol. The van der Waals surface area contributed by atoms with Crippen LogP contribution in [0.5, 0.6) is 5.75 Å². The first-order valence-electron chi connectivity index (χ1n) is 6.61. The second kappa shape index (κ2) is 6.50. The molecule has 2 atom stereocenters. The Balaban J connectivity index is 2.27. The molecule has 0 amide bonds. The van der Waals surface area contributed by atoms with Gasteiger partial charge in [0.15, 0.2) is 0 Å². The van der Waals surface area contributed by atoms with Crippen LogP contribution in [0.25, 0.3) is 0 Å². The Bertz CT molecular complexity index is 441. The number of nitrogens with two attached hydrogens (primary N) is 1. The molecule has 4 nitrogen and oxygen atoms in total. The second-order valence-corrected chi connectivity index (χ2v) is 6.63. The van der Waals surface area contributed by atoms with Gasteiger partial charge in [-0.15, -0.1) is 0 Å². The monoisotopic (exact) mass is 282 g/mol. The molecule has 1 aromatic carbocycles. The van der Waals surface area contributed by atoms with Gasteiger partial charge >= 0.3 is 0 Å². The standard InChI is InChI=1S/C14H22N2O2S/c1-11(15)14(16-7-9-19(17)10-8-16)12-5-3-4-6-13(12)18-2/h3-6,11,14H,7-10,15H2,1-2H3. The summed E-state index contributed by atoms with van der Waals surface area (Å²) >= 11 is 0. The molecular formula is C14H22N2O2S. The third kappa shape index (κ3) is 3.35. The predicted octanol–water partition coefficient (Wildman–Crippen LogP) is 1.15. The summed E-state index contributed by atoms with van der Waals surface area (Å²) in [5.74, 6) is 2.34. The number of benzene rings is 1. The summed E-state index contributed by atoms with van der Waals surface area (Å²) in [6, 6.07) is 8.13. The van der Waals surface area contributed by atoms with Gasteiger partial charge in [-0.2, -0.15) is 0 Å². The summed E-state index contributed by atoms with van der Waals surface area (Å²) in [5.41, 5.74) is 7.30. The van der Waals surface area contributed by atoms with Crippen LogP contribution in [0.15, 0.2) is 24.3 Å². The topological polar surface area (TPSA) is 55.6 Å². The van der Waals surface area contributed by atoms with Gasteiger partial charge in [0, 0.05) is 47.0 Å². The molecule has 1 aliphatic rings. The number of para-hydroxylation sites is 1. The van der Waals surface area contributed by atoms with E-state index >= 15 is 0 Å². The number of ether oxygens (including phenoxy) is 1. The summed E-state index contributed by atoms with van der Waals surface area (Å²) < 4.78 is 16.9. The first kappa shape index (κ1) is 14.5. The number of hydrogen-bond acceptors (Lipinski definition) is 4. The van der Waals surface area contributed by atoms with Gasteiger partial charge in [-0.25, -0.2) is 0 Å². The summed E-state index contributed by atoms with van der Waals surface area (Å²) in [7, 11) is 1.01. The fourth-order valence-corrected chi connectivity index (χ4v) is 3.73. The van der Waals surface area contributed by atoms with E-state index in [1.807, 2.05) is 25.1 Å². The van der Waals surface area contributed by atoms with Crippen molar-refractivity contribution in [2.45, 2.75) is 19.0 Å². The van der Waals surface area contributed by atoms with Gasteiger partial charge < -0.3 is 10.5 Å². The Morgan fingerprint density at radius 3 is 2.53 bits per heavy atom. The van der Waals surface area contributed by atoms with E-state index < -0.39 is 10.8 Å². The average molecular weight is 282 g/mol. The molecule has 0 saturated carbocycles. The van der Waals surface area contributed by atoms with Crippen LogP contribution in [0.4, 0.5) is 0 Å². The highest BCUT2D eigenvalue weighted by atomic mass is 32.2. The van der Waals surface area contributed by atoms with E-state index in [4.69, 9.17) is 10.5 Å². The third-order valence-electron chi connectivity index (χ3n) is 3.56. The minimum atomic E-state index is -0.668. The lowest BCUT2D eigenvalue weighted by Crippen LogP contribution is -2.46. The van der Waals surface area contributed by atoms with Crippen molar-refractivity contribution in [3.05, 3.63) is 29.8 Å². The number of rotatable bonds is 4. The van der Waals surface area contributed by atoms with Crippen molar-refractivity contribution in [3.8, 4) is 5.75 Å². The lowest BCUT2D eigenvalue weighted by atomic mass is 9.98. The van der Waals surface area contributed by atoms with Crippen LogP contribution in [0.2, 0.25) is 0 Å². The van der Waals surface area contributed by atoms with Crippen molar-refractivity contribution in [2.24, 2.45) is 5.73 Å². The quantitative estimate of drug-likeness (QED) is 0.900. The van der Waals surface area contributed by atoms with Crippen molar-refractivity contribution in [1.29, 1.82) is 0 Å². The van der Waals surface area contributed by atoms with Crippen molar-refractivity contribution in [1.82, 2.24) is 4.90 Å². The highest BCUT2D eigenvalue weighted by molar-refractivity contribution is 7.85. The number of nitrogens with zero attached hydrogens (tertiary/aromatic N) is 1. The molecule has 0 bridgehead atoms. The molecule has 19 heavy (non-hydrogen) atoms. The Kier molecular flexibility index (Phi) is 4.96. The van der Waals surface area contributed by atoms with Crippen LogP contribution in [0.1, 0.15) is 18.5 Å². The first-order valence-corrected chi connectivity index (χ1v) is 8.10. The Hall–Kier alpha value is -0.910. The van der Waals surface area contributed by atoms with Gasteiger partial charge in [-0.1, -0.05) is 18.2 Å². The fourth-order valence-electron chi connectivity index (χ4n) is 2.65. The van der Waals surface area contributed by atoms with Gasteiger partial charge in [0.05, 0.1) is 13.2 Å². The minimum Gasteiger partial charge on any atom is -0.496 e. The molecule has 0 aliphatic carbocycles. The summed E-state index contributed by atoms with van der Waals surface area (Å²) in [6.45, 7) is 3.68. The lowest BCUT2D eigenvalue weighted by Gasteiger charge is -2.37. The van der Waals surface area contributed by atoms with Gasteiger partial charge in [0.1, 0.15) is 5.75 Å². The summed E-state index contributed by atoms with van der Waals surface area (Å²) in [5, 5.41) is 0. The van der Waals surface area contributed by atoms with E-state index in [0.29, 0.717) is 0 Å². The third-order valence-corrected chi connectivity index (χ3v) is 4.84. The zero-order chi connectivity index (χ0) is 13.8. The number of methoxy groups -OCH3 is 1. The van der Waals surface area contributed by atoms with E-state index in [0.717, 1.165) is 35.9 Å². The Morgan fingerprint density at radius 2 is 1.95 bits per heavy atom. The molecule has 1 aliphatic heterocycles. The largest absolute Gasteiger partial charge is 0.496 e. The van der Waals surface area contributed by atoms with Crippen LogP contribution in [0, 0.1) is 0 Å². The van der Waals surface area contributed by atoms with E-state index in [2.05, 4.69) is 11.0 Å². The average Bonchev–Trinajstić information content (AvgIpc) is 2.41. The normalized spacial score (nSPS) is 21.0. The van der Waals surface area contributed by atoms with Crippen LogP contribution in [0.3, 0.4) is 0 Å². The molecule has 5 heteroatoms. The minimum absolute atomic E-state index is 0.00263. The molecule has 0 aromatic heterocycles. The van der Waals surface area contributed by atoms with Gasteiger partial charge in [-0.05, 0) is 13.0 Å². The molecule has 0 spiro atoms. The van der Waals surface area contributed by atoms with E-state index in [1.165, 1.54) is 0 Å². The molecule has 2 N–H and O–H groups in total. The zero-order valence-corrected chi connectivity index (χ0v) is 12.4. The molecule has 106 valence electrons. The zero-order valence-electron chi connectivity index (χ0n) is 11.5. The van der Waals surface area contributed by atoms with Crippen LogP contribution in [-0.2, 0) is 10.8 Å². The van der Waals surface area contributed by atoms with E-state index in [-0.39, 0.29) is 12.1 Å². The maximum Gasteiger partial charge on any atom is 0.123 e. The van der Waals surface area contributed by atoms with Gasteiger partial charge in [0.25, 0.3) is 0 Å². The van der Waals surface area contributed by atoms with Crippen LogP contribution in [-0.4, -0.2) is 46.9 Å². The smallest absolute Gasteiger partial charge is 0.123 e. The van der Waals surface area contributed by atoms with Crippen molar-refractivity contribution < 1.29 is 8.95 Å². The first-order chi connectivity index (χ1) is 9.13. The molecule has 2 unspecified atom stereocenters. The van der Waals surface area contributed by atoms with Gasteiger partial charge in [0.2, 0.25) is 0 Å². The van der Waals surface area contributed by atoms with Crippen molar-refractivity contribution >= 4 is 10.8 Å². The Morgan fingerprint density at radius 1 is 1.32 bits per heavy atom.